The maximum Gasteiger partial charge on any atom is 0.342 e. The van der Waals surface area contributed by atoms with Crippen LogP contribution in [0.25, 0.3) is 5.69 Å². The molecule has 0 aliphatic heterocycles. The number of carbonyl (C=O) groups excluding carboxylic acids is 2. The van der Waals surface area contributed by atoms with Gasteiger partial charge in [-0.15, -0.1) is 0 Å². The number of amides is 1. The quantitative estimate of drug-likeness (QED) is 0.866. The SMILES string of the molecule is Cc1nn(-c2ccccc2)c(C)c1C(=O)O[C@@H](C)C(=O)NC(C)(C)C. The van der Waals surface area contributed by atoms with Gasteiger partial charge in [0.25, 0.3) is 5.91 Å². The van der Waals surface area contributed by atoms with Crippen molar-refractivity contribution in [3.05, 3.63) is 47.3 Å². The smallest absolute Gasteiger partial charge is 0.342 e. The van der Waals surface area contributed by atoms with Crippen molar-refractivity contribution in [1.82, 2.24) is 15.1 Å². The van der Waals surface area contributed by atoms with Gasteiger partial charge >= 0.3 is 5.97 Å². The van der Waals surface area contributed by atoms with Crippen LogP contribution in [0.2, 0.25) is 0 Å². The van der Waals surface area contributed by atoms with Gasteiger partial charge in [-0.3, -0.25) is 4.79 Å². The van der Waals surface area contributed by atoms with E-state index in [1.165, 1.54) is 0 Å². The van der Waals surface area contributed by atoms with Gasteiger partial charge in [0, 0.05) is 5.54 Å². The molecule has 1 N–H and O–H groups in total. The minimum absolute atomic E-state index is 0.327. The number of benzene rings is 1. The molecule has 0 aliphatic carbocycles. The van der Waals surface area contributed by atoms with Gasteiger partial charge < -0.3 is 10.1 Å². The van der Waals surface area contributed by atoms with Gasteiger partial charge in [-0.25, -0.2) is 9.48 Å². The monoisotopic (exact) mass is 343 g/mol. The van der Waals surface area contributed by atoms with Gasteiger partial charge in [0.05, 0.1) is 17.1 Å². The number of carbonyl (C=O) groups is 2. The van der Waals surface area contributed by atoms with E-state index in [2.05, 4.69) is 10.4 Å². The Morgan fingerprint density at radius 2 is 1.76 bits per heavy atom. The standard InChI is InChI=1S/C19H25N3O3/c1-12-16(13(2)22(21-12)15-10-8-7-9-11-15)18(24)25-14(3)17(23)20-19(4,5)6/h7-11,14H,1-6H3,(H,20,23)/t14-/m0/s1. The number of nitrogens with zero attached hydrogens (tertiary/aromatic N) is 2. The predicted octanol–water partition coefficient (Wildman–Crippen LogP) is 2.95. The highest BCUT2D eigenvalue weighted by Gasteiger charge is 2.26. The largest absolute Gasteiger partial charge is 0.449 e. The predicted molar refractivity (Wildman–Crippen MR) is 95.8 cm³/mol. The molecule has 134 valence electrons. The van der Waals surface area contributed by atoms with E-state index < -0.39 is 12.1 Å². The van der Waals surface area contributed by atoms with E-state index in [9.17, 15) is 9.59 Å². The number of hydrogen-bond donors (Lipinski definition) is 1. The van der Waals surface area contributed by atoms with Gasteiger partial charge in [0.1, 0.15) is 5.56 Å². The maximum absolute atomic E-state index is 12.6. The zero-order valence-electron chi connectivity index (χ0n) is 15.6. The number of esters is 1. The summed E-state index contributed by atoms with van der Waals surface area (Å²) in [4.78, 5) is 24.7. The average molecular weight is 343 g/mol. The summed E-state index contributed by atoms with van der Waals surface area (Å²) in [5.41, 5.74) is 2.11. The fourth-order valence-corrected chi connectivity index (χ4v) is 2.50. The van der Waals surface area contributed by atoms with Crippen molar-refractivity contribution < 1.29 is 14.3 Å². The van der Waals surface area contributed by atoms with Crippen LogP contribution in [-0.2, 0) is 9.53 Å². The van der Waals surface area contributed by atoms with Crippen molar-refractivity contribution in [1.29, 1.82) is 0 Å². The van der Waals surface area contributed by atoms with Gasteiger partial charge in [-0.05, 0) is 53.7 Å². The first-order valence-electron chi connectivity index (χ1n) is 8.25. The third kappa shape index (κ3) is 4.47. The van der Waals surface area contributed by atoms with E-state index in [0.29, 0.717) is 17.0 Å². The van der Waals surface area contributed by atoms with E-state index >= 15 is 0 Å². The molecule has 2 aromatic rings. The van der Waals surface area contributed by atoms with Crippen molar-refractivity contribution in [2.75, 3.05) is 0 Å². The topological polar surface area (TPSA) is 73.2 Å². The summed E-state index contributed by atoms with van der Waals surface area (Å²) in [5.74, 6) is -0.875. The molecule has 0 saturated carbocycles. The molecule has 1 aromatic carbocycles. The molecule has 1 atom stereocenters. The maximum atomic E-state index is 12.6. The minimum atomic E-state index is -0.884. The molecular formula is C19H25N3O3. The summed E-state index contributed by atoms with van der Waals surface area (Å²) in [6.07, 6.45) is -0.884. The molecule has 0 radical (unpaired) electrons. The van der Waals surface area contributed by atoms with Crippen LogP contribution in [0, 0.1) is 13.8 Å². The molecule has 25 heavy (non-hydrogen) atoms. The first-order valence-corrected chi connectivity index (χ1v) is 8.25. The summed E-state index contributed by atoms with van der Waals surface area (Å²) in [7, 11) is 0. The van der Waals surface area contributed by atoms with Crippen LogP contribution < -0.4 is 5.32 Å². The first-order chi connectivity index (χ1) is 11.6. The van der Waals surface area contributed by atoms with Crippen LogP contribution in [0.5, 0.6) is 0 Å². The fraction of sp³-hybridized carbons (Fsp3) is 0.421. The van der Waals surface area contributed by atoms with Crippen LogP contribution in [0.1, 0.15) is 49.4 Å². The van der Waals surface area contributed by atoms with Crippen molar-refractivity contribution >= 4 is 11.9 Å². The summed E-state index contributed by atoms with van der Waals surface area (Å²) in [6.45, 7) is 10.7. The molecule has 6 heteroatoms. The lowest BCUT2D eigenvalue weighted by atomic mass is 10.1. The van der Waals surface area contributed by atoms with Crippen molar-refractivity contribution in [3.63, 3.8) is 0 Å². The summed E-state index contributed by atoms with van der Waals surface area (Å²) in [6, 6.07) is 9.55. The Labute approximate surface area is 148 Å². The average Bonchev–Trinajstić information content (AvgIpc) is 2.81. The van der Waals surface area contributed by atoms with Crippen LogP contribution in [0.15, 0.2) is 30.3 Å². The molecule has 0 fully saturated rings. The third-order valence-corrected chi connectivity index (χ3v) is 3.65. The molecule has 2 rings (SSSR count). The molecule has 0 unspecified atom stereocenters. The van der Waals surface area contributed by atoms with Gasteiger partial charge in [-0.1, -0.05) is 18.2 Å². The number of rotatable bonds is 4. The Bertz CT molecular complexity index is 773. The lowest BCUT2D eigenvalue weighted by molar-refractivity contribution is -0.130. The molecule has 0 spiro atoms. The molecule has 0 saturated heterocycles. The molecule has 1 amide bonds. The summed E-state index contributed by atoms with van der Waals surface area (Å²) in [5, 5.41) is 7.23. The van der Waals surface area contributed by atoms with Crippen LogP contribution in [-0.4, -0.2) is 33.3 Å². The molecule has 0 aliphatic rings. The highest BCUT2D eigenvalue weighted by molar-refractivity contribution is 5.94. The number of para-hydroxylation sites is 1. The number of ether oxygens (including phenoxy) is 1. The zero-order chi connectivity index (χ0) is 18.8. The normalized spacial score (nSPS) is 12.6. The molecule has 6 nitrogen and oxygen atoms in total. The minimum Gasteiger partial charge on any atom is -0.449 e. The van der Waals surface area contributed by atoms with Gasteiger partial charge in [0.15, 0.2) is 6.10 Å². The van der Waals surface area contributed by atoms with Gasteiger partial charge in [0.2, 0.25) is 0 Å². The third-order valence-electron chi connectivity index (χ3n) is 3.65. The number of nitrogens with one attached hydrogen (secondary N) is 1. The van der Waals surface area contributed by atoms with E-state index in [1.54, 1.807) is 18.5 Å². The Balaban J connectivity index is 2.20. The second kappa shape index (κ2) is 7.09. The Morgan fingerprint density at radius 3 is 2.32 bits per heavy atom. The van der Waals surface area contributed by atoms with Crippen molar-refractivity contribution in [2.45, 2.75) is 53.2 Å². The van der Waals surface area contributed by atoms with Crippen LogP contribution in [0.4, 0.5) is 0 Å². The first kappa shape index (κ1) is 18.7. The zero-order valence-corrected chi connectivity index (χ0v) is 15.6. The van der Waals surface area contributed by atoms with Gasteiger partial charge in [-0.2, -0.15) is 5.10 Å². The molecule has 0 bridgehead atoms. The second-order valence-corrected chi connectivity index (χ2v) is 7.08. The lowest BCUT2D eigenvalue weighted by Crippen LogP contribution is -2.46. The Morgan fingerprint density at radius 1 is 1.16 bits per heavy atom. The number of hydrogen-bond acceptors (Lipinski definition) is 4. The van der Waals surface area contributed by atoms with Crippen molar-refractivity contribution in [2.24, 2.45) is 0 Å². The van der Waals surface area contributed by atoms with E-state index in [1.807, 2.05) is 58.0 Å². The van der Waals surface area contributed by atoms with Crippen LogP contribution >= 0.6 is 0 Å². The summed E-state index contributed by atoms with van der Waals surface area (Å²) < 4.78 is 7.05. The van der Waals surface area contributed by atoms with Crippen molar-refractivity contribution in [3.8, 4) is 5.69 Å². The molecule has 1 heterocycles. The number of aromatic nitrogens is 2. The fourth-order valence-electron chi connectivity index (χ4n) is 2.50. The van der Waals surface area contributed by atoms with Crippen LogP contribution in [0.3, 0.4) is 0 Å². The van der Waals surface area contributed by atoms with E-state index in [0.717, 1.165) is 5.69 Å². The number of aryl methyl sites for hydroxylation is 1. The highest BCUT2D eigenvalue weighted by atomic mass is 16.5. The second-order valence-electron chi connectivity index (χ2n) is 7.08. The summed E-state index contributed by atoms with van der Waals surface area (Å²) >= 11 is 0. The van der Waals surface area contributed by atoms with E-state index in [-0.39, 0.29) is 11.4 Å². The highest BCUT2D eigenvalue weighted by Crippen LogP contribution is 2.19. The van der Waals surface area contributed by atoms with E-state index in [4.69, 9.17) is 4.74 Å². The Hall–Kier alpha value is -2.63. The Kier molecular flexibility index (Phi) is 5.30. The molecular weight excluding hydrogens is 318 g/mol. The molecule has 1 aromatic heterocycles. The lowest BCUT2D eigenvalue weighted by Gasteiger charge is -2.23.